The molecule has 0 radical (unpaired) electrons. The van der Waals surface area contributed by atoms with Gasteiger partial charge in [-0.2, -0.15) is 10.2 Å². The number of anilines is 2. The van der Waals surface area contributed by atoms with Crippen LogP contribution in [-0.4, -0.2) is 31.3 Å². The lowest BCUT2D eigenvalue weighted by Gasteiger charge is -2.13. The third-order valence-corrected chi connectivity index (χ3v) is 9.57. The molecule has 6 rings (SSSR count). The zero-order valence-corrected chi connectivity index (χ0v) is 30.6. The van der Waals surface area contributed by atoms with Crippen LogP contribution in [0.1, 0.15) is 43.2 Å². The summed E-state index contributed by atoms with van der Waals surface area (Å²) in [6, 6.07) is 27.8. The third-order valence-electron chi connectivity index (χ3n) is 8.07. The van der Waals surface area contributed by atoms with Crippen LogP contribution in [0.4, 0.5) is 11.4 Å². The summed E-state index contributed by atoms with van der Waals surface area (Å²) in [6.07, 6.45) is 2.96. The maximum Gasteiger partial charge on any atom is 0.215 e. The van der Waals surface area contributed by atoms with Gasteiger partial charge in [-0.25, -0.2) is 11.1 Å². The number of nitrogens with one attached hydrogen (secondary N) is 5. The number of rotatable bonds is 13. The standard InChI is InChI=1S/C38H26Cl4N8O4/c39-26-17-29(35(53)24-13-11-20(15-30(24)51)27(48-43)18-45-22-7-3-1-4-8-22)50(38(26)42)34-32(40)37(41)47-33(34)36(54)25-14-12-21(16-31(25)52)28(49-44)19-46-23-9-5-2-6-10-23/h1-19,43-47,51-52H/b27-18-,28-19-,48-43?,49-44?. The minimum atomic E-state index is -0.785. The number of hydrogen-bond donors (Lipinski definition) is 7. The lowest BCUT2D eigenvalue weighted by atomic mass is 10.0. The maximum absolute atomic E-state index is 14.1. The van der Waals surface area contributed by atoms with E-state index in [1.807, 2.05) is 60.7 Å². The Labute approximate surface area is 327 Å². The number of benzene rings is 4. The van der Waals surface area contributed by atoms with Crippen LogP contribution in [-0.2, 0) is 0 Å². The second-order valence-electron chi connectivity index (χ2n) is 11.4. The van der Waals surface area contributed by atoms with Gasteiger partial charge in [-0.3, -0.25) is 14.2 Å². The van der Waals surface area contributed by atoms with Crippen LogP contribution in [0.15, 0.2) is 126 Å². The van der Waals surface area contributed by atoms with E-state index in [9.17, 15) is 19.8 Å². The topological polar surface area (TPSA) is 192 Å². The van der Waals surface area contributed by atoms with Crippen molar-refractivity contribution < 1.29 is 19.8 Å². The monoisotopic (exact) mass is 798 g/mol. The fraction of sp³-hybridized carbons (Fsp3) is 0. The molecule has 0 bridgehead atoms. The fourth-order valence-corrected chi connectivity index (χ4v) is 6.25. The van der Waals surface area contributed by atoms with Gasteiger partial charge in [-0.1, -0.05) is 94.9 Å². The fourth-order valence-electron chi connectivity index (χ4n) is 5.43. The number of para-hydroxylation sites is 2. The smallest absolute Gasteiger partial charge is 0.215 e. The van der Waals surface area contributed by atoms with Crippen molar-refractivity contribution in [3.63, 3.8) is 0 Å². The number of phenols is 2. The van der Waals surface area contributed by atoms with Crippen molar-refractivity contribution in [2.45, 2.75) is 0 Å². The molecule has 270 valence electrons. The van der Waals surface area contributed by atoms with E-state index in [1.165, 1.54) is 54.9 Å². The number of phenolic OH excluding ortho intramolecular Hbond substituents is 2. The first-order valence-corrected chi connectivity index (χ1v) is 17.2. The van der Waals surface area contributed by atoms with Crippen molar-refractivity contribution in [3.8, 4) is 17.2 Å². The number of aromatic hydroxyl groups is 2. The Morgan fingerprint density at radius 1 is 0.685 bits per heavy atom. The number of aromatic amines is 1. The predicted octanol–water partition coefficient (Wildman–Crippen LogP) is 11.2. The van der Waals surface area contributed by atoms with Crippen LogP contribution < -0.4 is 10.6 Å². The Balaban J connectivity index is 1.34. The summed E-state index contributed by atoms with van der Waals surface area (Å²) in [6.45, 7) is 0. The molecule has 0 aliphatic carbocycles. The average molecular weight is 800 g/mol. The van der Waals surface area contributed by atoms with Gasteiger partial charge >= 0.3 is 0 Å². The number of nitrogens with zero attached hydrogens (tertiary/aromatic N) is 3. The van der Waals surface area contributed by atoms with Crippen molar-refractivity contribution >= 4 is 80.7 Å². The van der Waals surface area contributed by atoms with Crippen LogP contribution in [0.5, 0.6) is 11.5 Å². The lowest BCUT2D eigenvalue weighted by Crippen LogP contribution is -2.13. The van der Waals surface area contributed by atoms with Crippen LogP contribution in [0.2, 0.25) is 20.4 Å². The summed E-state index contributed by atoms with van der Waals surface area (Å²) >= 11 is 26.1. The molecule has 0 unspecified atom stereocenters. The Kier molecular flexibility index (Phi) is 11.3. The molecule has 7 N–H and O–H groups in total. The lowest BCUT2D eigenvalue weighted by molar-refractivity contribution is 0.101. The normalized spacial score (nSPS) is 11.6. The number of ketones is 2. The minimum Gasteiger partial charge on any atom is -0.507 e. The average Bonchev–Trinajstić information content (AvgIpc) is 3.64. The number of H-pyrrole nitrogens is 1. The highest BCUT2D eigenvalue weighted by molar-refractivity contribution is 6.45. The first-order valence-electron chi connectivity index (χ1n) is 15.7. The van der Waals surface area contributed by atoms with E-state index in [-0.39, 0.29) is 59.9 Å². The van der Waals surface area contributed by atoms with E-state index in [4.69, 9.17) is 57.5 Å². The first-order chi connectivity index (χ1) is 26.0. The van der Waals surface area contributed by atoms with Gasteiger partial charge in [0.25, 0.3) is 0 Å². The molecule has 0 saturated carbocycles. The summed E-state index contributed by atoms with van der Waals surface area (Å²) < 4.78 is 1.12. The number of carbonyl (C=O) groups is 2. The van der Waals surface area contributed by atoms with Gasteiger partial charge in [0.05, 0.1) is 27.5 Å². The third kappa shape index (κ3) is 7.63. The van der Waals surface area contributed by atoms with Crippen LogP contribution in [0.3, 0.4) is 0 Å². The molecular formula is C38H26Cl4N8O4. The van der Waals surface area contributed by atoms with Crippen molar-refractivity contribution in [2.75, 3.05) is 10.6 Å². The Hall–Kier alpha value is -6.18. The van der Waals surface area contributed by atoms with Gasteiger partial charge in [0.2, 0.25) is 11.6 Å². The molecule has 0 saturated heterocycles. The maximum atomic E-state index is 14.1. The quantitative estimate of drug-likeness (QED) is 0.0449. The molecule has 16 heteroatoms. The summed E-state index contributed by atoms with van der Waals surface area (Å²) in [7, 11) is 0. The molecule has 4 aromatic carbocycles. The van der Waals surface area contributed by atoms with E-state index in [1.54, 1.807) is 0 Å². The predicted molar refractivity (Wildman–Crippen MR) is 210 cm³/mol. The molecule has 0 spiro atoms. The second kappa shape index (κ2) is 16.2. The molecule has 2 heterocycles. The van der Waals surface area contributed by atoms with Crippen molar-refractivity contribution in [3.05, 3.63) is 170 Å². The molecule has 12 nitrogen and oxygen atoms in total. The molecule has 54 heavy (non-hydrogen) atoms. The van der Waals surface area contributed by atoms with Gasteiger partial charge in [-0.15, -0.1) is 0 Å². The van der Waals surface area contributed by atoms with E-state index in [0.29, 0.717) is 11.1 Å². The largest absolute Gasteiger partial charge is 0.507 e. The Morgan fingerprint density at radius 2 is 1.17 bits per heavy atom. The summed E-state index contributed by atoms with van der Waals surface area (Å²) in [5, 5.41) is 34.5. The second-order valence-corrected chi connectivity index (χ2v) is 12.9. The molecule has 0 atom stereocenters. The van der Waals surface area contributed by atoms with E-state index in [0.717, 1.165) is 15.9 Å². The van der Waals surface area contributed by atoms with Gasteiger partial charge < -0.3 is 25.8 Å². The molecule has 0 aliphatic rings. The van der Waals surface area contributed by atoms with Gasteiger partial charge in [0.15, 0.2) is 0 Å². The van der Waals surface area contributed by atoms with Crippen LogP contribution in [0.25, 0.3) is 17.1 Å². The molecule has 0 amide bonds. The number of halogens is 4. The Morgan fingerprint density at radius 3 is 1.63 bits per heavy atom. The van der Waals surface area contributed by atoms with Gasteiger partial charge in [0, 0.05) is 34.9 Å². The highest BCUT2D eigenvalue weighted by Crippen LogP contribution is 2.41. The summed E-state index contributed by atoms with van der Waals surface area (Å²) in [4.78, 5) is 30.8. The number of carbonyl (C=O) groups excluding carboxylic acids is 2. The molecule has 6 aromatic rings. The zero-order valence-electron chi connectivity index (χ0n) is 27.5. The van der Waals surface area contributed by atoms with E-state index in [2.05, 4.69) is 25.8 Å². The number of hydrogen-bond acceptors (Lipinski definition) is 10. The van der Waals surface area contributed by atoms with Crippen molar-refractivity contribution in [1.82, 2.24) is 9.55 Å². The minimum absolute atomic E-state index is 0.0806. The molecular weight excluding hydrogens is 774 g/mol. The molecule has 0 aliphatic heterocycles. The summed E-state index contributed by atoms with van der Waals surface area (Å²) in [5.41, 5.74) is 16.8. The molecule has 0 fully saturated rings. The van der Waals surface area contributed by atoms with E-state index >= 15 is 0 Å². The number of aromatic nitrogens is 2. The van der Waals surface area contributed by atoms with Crippen molar-refractivity contribution in [2.24, 2.45) is 10.2 Å². The van der Waals surface area contributed by atoms with Crippen LogP contribution in [0, 0.1) is 11.1 Å². The molecule has 2 aromatic heterocycles. The zero-order chi connectivity index (χ0) is 38.5. The highest BCUT2D eigenvalue weighted by atomic mass is 35.5. The first kappa shape index (κ1) is 37.6. The van der Waals surface area contributed by atoms with Crippen molar-refractivity contribution in [1.29, 1.82) is 11.1 Å². The van der Waals surface area contributed by atoms with E-state index < -0.39 is 23.1 Å². The van der Waals surface area contributed by atoms with Gasteiger partial charge in [-0.05, 0) is 54.6 Å². The Bertz CT molecular complexity index is 2320. The highest BCUT2D eigenvalue weighted by Gasteiger charge is 2.31. The van der Waals surface area contributed by atoms with Gasteiger partial charge in [0.1, 0.15) is 43.9 Å². The SMILES string of the molecule is N=N/C(=C\Nc1ccccc1)c1ccc(C(=O)c2[nH]c(Cl)c(Cl)c2-n2c(C(=O)c3ccc(/C(=C/Nc4ccccc4)N=N)cc3O)cc(Cl)c2Cl)c(O)c1. The van der Waals surface area contributed by atoms with Crippen LogP contribution >= 0.6 is 46.4 Å². The summed E-state index contributed by atoms with van der Waals surface area (Å²) in [5.74, 6) is -2.44.